The molecular weight excluding hydrogens is 904 g/mol. The van der Waals surface area contributed by atoms with Gasteiger partial charge in [0.15, 0.2) is 0 Å². The molecule has 12 heteroatoms. The average molecular weight is 955 g/mol. The smallest absolute Gasteiger partial charge is 1.00 e. The van der Waals surface area contributed by atoms with Crippen molar-refractivity contribution in [2.45, 2.75) is 6.92 Å². The van der Waals surface area contributed by atoms with Crippen LogP contribution in [0.3, 0.4) is 0 Å². The van der Waals surface area contributed by atoms with Crippen molar-refractivity contribution in [3.05, 3.63) is 174 Å². The summed E-state index contributed by atoms with van der Waals surface area (Å²) in [7, 11) is 4.78. The van der Waals surface area contributed by atoms with Crippen LogP contribution in [-0.4, -0.2) is 35.2 Å². The van der Waals surface area contributed by atoms with Crippen molar-refractivity contribution >= 4 is 49.2 Å². The number of benzene rings is 5. The molecule has 0 aliphatic rings. The van der Waals surface area contributed by atoms with Crippen LogP contribution in [0.5, 0.6) is 0 Å². The number of halogens is 2. The van der Waals surface area contributed by atoms with Gasteiger partial charge in [0.2, 0.25) is 0 Å². The Labute approximate surface area is 398 Å². The summed E-state index contributed by atoms with van der Waals surface area (Å²) in [5.74, 6) is 1.66. The Morgan fingerprint density at radius 2 is 0.746 bits per heavy atom. The van der Waals surface area contributed by atoms with E-state index in [2.05, 4.69) is 222 Å². The third kappa shape index (κ3) is 19.0. The van der Waals surface area contributed by atoms with Gasteiger partial charge in [0.05, 0.1) is 23.3 Å². The van der Waals surface area contributed by atoms with E-state index in [4.69, 9.17) is 23.1 Å². The van der Waals surface area contributed by atoms with Crippen molar-refractivity contribution in [3.8, 4) is 33.8 Å². The summed E-state index contributed by atoms with van der Waals surface area (Å²) in [4.78, 5) is 4.22. The number of aryl methyl sites for hydroxylation is 1. The molecule has 0 radical (unpaired) electrons. The van der Waals surface area contributed by atoms with Crippen LogP contribution in [0.1, 0.15) is 27.8 Å². The summed E-state index contributed by atoms with van der Waals surface area (Å²) in [5, 5.41) is 0. The van der Waals surface area contributed by atoms with Crippen LogP contribution in [0.15, 0.2) is 151 Å². The first kappa shape index (κ1) is 55.2. The van der Waals surface area contributed by atoms with Gasteiger partial charge in [-0.2, -0.15) is 0 Å². The zero-order valence-electron chi connectivity index (χ0n) is 34.6. The Morgan fingerprint density at radius 1 is 0.492 bits per heavy atom. The molecule has 0 saturated heterocycles. The Kier molecular flexibility index (Phi) is 26.1. The van der Waals surface area contributed by atoms with E-state index in [1.807, 2.05) is 0 Å². The predicted molar refractivity (Wildman–Crippen MR) is 234 cm³/mol. The quantitative estimate of drug-likeness (QED) is 0.0423. The van der Waals surface area contributed by atoms with Crippen LogP contribution in [0.25, 0.3) is 58.1 Å². The molecule has 59 heavy (non-hydrogen) atoms. The Morgan fingerprint density at radius 3 is 1.05 bits per heavy atom. The molecule has 6 aromatic rings. The van der Waals surface area contributed by atoms with Crippen LogP contribution < -0.4 is 87.7 Å². The molecule has 306 valence electrons. The van der Waals surface area contributed by atoms with Gasteiger partial charge in [0.25, 0.3) is 0 Å². The minimum atomic E-state index is -4.94. The Bertz CT molecular complexity index is 2070. The van der Waals surface area contributed by atoms with E-state index >= 15 is 0 Å². The van der Waals surface area contributed by atoms with Gasteiger partial charge in [0, 0.05) is 45.1 Å². The van der Waals surface area contributed by atoms with Crippen molar-refractivity contribution in [1.82, 2.24) is 0 Å². The van der Waals surface area contributed by atoms with Gasteiger partial charge >= 0.3 is 41.1 Å². The molecule has 0 atom stereocenters. The Hall–Kier alpha value is -3.76. The zero-order valence-corrected chi connectivity index (χ0v) is 40.4. The number of nitrogens with zero attached hydrogens (tertiary/aromatic N) is 2. The number of hydrogen-bond donors (Lipinski definition) is 1. The number of thiol groups is 1. The topological polar surface area (TPSA) is 136 Å². The molecule has 6 rings (SSSR count). The Balaban J connectivity index is 0.00000258. The summed E-state index contributed by atoms with van der Waals surface area (Å²) in [6, 6.07) is 47.2. The first-order chi connectivity index (χ1) is 26.8. The second-order valence-corrected chi connectivity index (χ2v) is 13.5. The standard InChI is InChI=1S/C44H41N2O.C2H4.CH5N.ClHO4.HI.Na.H2S/c1-32-6-8-33(9-7-32)10-11-34-12-14-35(15-13-34)16-17-36-18-20-38(21-19-36)43-30-40(37-22-26-41(27-23-37)45(2)3)31-44(47-43)39-24-28-42(29-25-39)46(4)5;2*1-2;2-1(3,4)5;;;/h6-31H,1-5H3;1-2H2;2H2,1H3;(H,2,3,4,5);1H;;1H2/q+1;;;;;+1;/p-3/b11-10+,17-16+;;;;;;. The first-order valence-electron chi connectivity index (χ1n) is 17.7. The SMILES string of the molecule is C=C.CN.Cc1ccc(/C=C/c2ccc(/C=C/c3ccc(-c4cc(-c5ccc(N(C)C)cc5)cc(-c5ccc(N(C)C)cc5)[o+]4)cc3)cc2)cc1.[I-].[Na+].[O-][Cl+3]([O-])([O-])[O-].[SH-]. The van der Waals surface area contributed by atoms with E-state index in [1.165, 1.54) is 29.4 Å². The third-order valence-corrected chi connectivity index (χ3v) is 8.32. The monoisotopic (exact) mass is 954 g/mol. The fourth-order valence-electron chi connectivity index (χ4n) is 5.37. The van der Waals surface area contributed by atoms with Crippen LogP contribution in [0, 0.1) is 17.2 Å². The molecule has 0 unspecified atom stereocenters. The van der Waals surface area contributed by atoms with Gasteiger partial charge in [0.1, 0.15) is 0 Å². The minimum Gasteiger partial charge on any atom is -1.00 e. The summed E-state index contributed by atoms with van der Waals surface area (Å²) < 4.78 is 40.5. The van der Waals surface area contributed by atoms with Gasteiger partial charge in [-0.15, -0.1) is 23.4 Å². The molecule has 1 aromatic heterocycles. The minimum absolute atomic E-state index is 0. The summed E-state index contributed by atoms with van der Waals surface area (Å²) >= 11 is 0. The van der Waals surface area contributed by atoms with Crippen LogP contribution in [0.4, 0.5) is 11.4 Å². The van der Waals surface area contributed by atoms with Crippen molar-refractivity contribution in [3.63, 3.8) is 0 Å². The van der Waals surface area contributed by atoms with Crippen molar-refractivity contribution in [2.75, 3.05) is 45.0 Å². The molecule has 2 N–H and O–H groups in total. The maximum atomic E-state index is 8.49. The molecule has 8 nitrogen and oxygen atoms in total. The molecule has 0 fully saturated rings. The third-order valence-electron chi connectivity index (χ3n) is 8.32. The molecule has 0 amide bonds. The van der Waals surface area contributed by atoms with Crippen LogP contribution in [-0.2, 0) is 13.5 Å². The van der Waals surface area contributed by atoms with Gasteiger partial charge in [-0.1, -0.05) is 103 Å². The van der Waals surface area contributed by atoms with Crippen LogP contribution >= 0.6 is 0 Å². The normalized spacial score (nSPS) is 10.2. The van der Waals surface area contributed by atoms with E-state index in [-0.39, 0.29) is 67.0 Å². The van der Waals surface area contributed by atoms with Crippen molar-refractivity contribution < 1.29 is 86.8 Å². The summed E-state index contributed by atoms with van der Waals surface area (Å²) in [6.45, 7) is 8.11. The molecule has 0 aliphatic heterocycles. The van der Waals surface area contributed by atoms with Crippen molar-refractivity contribution in [2.24, 2.45) is 5.73 Å². The summed E-state index contributed by atoms with van der Waals surface area (Å²) in [5.41, 5.74) is 17.1. The maximum Gasteiger partial charge on any atom is 1.00 e. The van der Waals surface area contributed by atoms with Crippen molar-refractivity contribution in [1.29, 1.82) is 0 Å². The fourth-order valence-corrected chi connectivity index (χ4v) is 5.37. The average Bonchev–Trinajstić information content (AvgIpc) is 3.21. The van der Waals surface area contributed by atoms with E-state index in [1.54, 1.807) is 0 Å². The maximum absolute atomic E-state index is 8.49. The molecule has 1 heterocycles. The largest absolute Gasteiger partial charge is 1.00 e. The fraction of sp³-hybridized carbons (Fsp3) is 0.128. The number of hydrogen-bond acceptors (Lipinski definition) is 8. The van der Waals surface area contributed by atoms with Crippen LogP contribution in [0.2, 0.25) is 0 Å². The second-order valence-electron chi connectivity index (χ2n) is 12.7. The van der Waals surface area contributed by atoms with Gasteiger partial charge in [-0.05, 0) is 90.3 Å². The van der Waals surface area contributed by atoms with E-state index in [0.29, 0.717) is 0 Å². The molecule has 5 aromatic carbocycles. The summed E-state index contributed by atoms with van der Waals surface area (Å²) in [6.07, 6.45) is 8.61. The molecule has 0 bridgehead atoms. The van der Waals surface area contributed by atoms with E-state index in [0.717, 1.165) is 50.6 Å². The number of rotatable bonds is 9. The molecular formula is C47H51ClIN3NaO5S-. The predicted octanol–water partition coefficient (Wildman–Crippen LogP) is 0.702. The van der Waals surface area contributed by atoms with Gasteiger partial charge in [-0.25, -0.2) is 23.1 Å². The first-order valence-corrected chi connectivity index (χ1v) is 18.9. The molecule has 0 saturated carbocycles. The zero-order chi connectivity index (χ0) is 41.3. The van der Waals surface area contributed by atoms with Gasteiger partial charge in [-0.3, -0.25) is 0 Å². The molecule has 0 aliphatic carbocycles. The second kappa shape index (κ2) is 27.9. The molecule has 0 spiro atoms. The van der Waals surface area contributed by atoms with Gasteiger partial charge < -0.3 is 53.0 Å². The number of nitrogens with two attached hydrogens (primary N) is 1. The number of anilines is 2. The van der Waals surface area contributed by atoms with E-state index in [9.17, 15) is 0 Å². The van der Waals surface area contributed by atoms with E-state index < -0.39 is 10.2 Å².